The number of anilines is 3. The summed E-state index contributed by atoms with van der Waals surface area (Å²) < 4.78 is 0. The highest BCUT2D eigenvalue weighted by atomic mass is 35.5. The Balaban J connectivity index is 0.000000212. The molecule has 0 aliphatic carbocycles. The molecular weight excluding hydrogens is 531 g/mol. The summed E-state index contributed by atoms with van der Waals surface area (Å²) in [7, 11) is 0. The Hall–Kier alpha value is -3.44. The Morgan fingerprint density at radius 2 is 1.26 bits per heavy atom. The van der Waals surface area contributed by atoms with Gasteiger partial charge in [0.05, 0.1) is 38.5 Å². The molecule has 202 valence electrons. The number of nitrogens with two attached hydrogens (primary N) is 1. The molecule has 0 aliphatic heterocycles. The van der Waals surface area contributed by atoms with Gasteiger partial charge in [0, 0.05) is 23.9 Å². The van der Waals surface area contributed by atoms with Crippen LogP contribution in [0.15, 0.2) is 48.5 Å². The number of para-hydroxylation sites is 2. The molecule has 10 nitrogen and oxygen atoms in total. The smallest absolute Gasteiger partial charge is 0.329 e. The van der Waals surface area contributed by atoms with Gasteiger partial charge in [0.2, 0.25) is 5.15 Å². The second-order valence-corrected chi connectivity index (χ2v) is 10.7. The first-order chi connectivity index (χ1) is 17.7. The number of nitrogens with one attached hydrogen (secondary N) is 2. The van der Waals surface area contributed by atoms with Gasteiger partial charge in [0.1, 0.15) is 5.69 Å². The summed E-state index contributed by atoms with van der Waals surface area (Å²) in [4.78, 5) is 18.9. The summed E-state index contributed by atoms with van der Waals surface area (Å²) in [6.07, 6.45) is 0. The van der Waals surface area contributed by atoms with Gasteiger partial charge in [-0.05, 0) is 39.8 Å². The molecule has 2 aromatic carbocycles. The summed E-state index contributed by atoms with van der Waals surface area (Å²) in [5, 5.41) is 38.3. The van der Waals surface area contributed by atoms with Crippen LogP contribution in [0.5, 0.6) is 0 Å². The lowest BCUT2D eigenvalue weighted by molar-refractivity contribution is -0.384. The zero-order valence-corrected chi connectivity index (χ0v) is 22.9. The molecule has 0 atom stereocenters. The van der Waals surface area contributed by atoms with E-state index in [0.29, 0.717) is 28.8 Å². The van der Waals surface area contributed by atoms with Gasteiger partial charge in [0.25, 0.3) is 0 Å². The molecule has 2 aromatic heterocycles. The maximum Gasteiger partial charge on any atom is 0.329 e. The van der Waals surface area contributed by atoms with Crippen molar-refractivity contribution >= 4 is 67.8 Å². The van der Waals surface area contributed by atoms with E-state index in [1.54, 1.807) is 52.0 Å². The van der Waals surface area contributed by atoms with Gasteiger partial charge in [-0.2, -0.15) is 0 Å². The molecule has 0 saturated carbocycles. The van der Waals surface area contributed by atoms with Crippen LogP contribution in [0.25, 0.3) is 21.8 Å². The Bertz CT molecular complexity index is 1470. The second-order valence-electron chi connectivity index (χ2n) is 9.94. The van der Waals surface area contributed by atoms with Crippen LogP contribution in [0.2, 0.25) is 10.3 Å². The van der Waals surface area contributed by atoms with Gasteiger partial charge in [0.15, 0.2) is 5.15 Å². The zero-order chi connectivity index (χ0) is 28.3. The van der Waals surface area contributed by atoms with E-state index in [1.807, 2.05) is 24.3 Å². The number of nitrogens with zero attached hydrogens (tertiary/aromatic N) is 3. The van der Waals surface area contributed by atoms with E-state index in [1.165, 1.54) is 0 Å². The first-order valence-corrected chi connectivity index (χ1v) is 12.4. The van der Waals surface area contributed by atoms with Crippen molar-refractivity contribution in [3.8, 4) is 0 Å². The van der Waals surface area contributed by atoms with Crippen molar-refractivity contribution in [3.05, 3.63) is 69.0 Å². The fourth-order valence-corrected chi connectivity index (χ4v) is 3.95. The van der Waals surface area contributed by atoms with Crippen LogP contribution in [0.1, 0.15) is 27.7 Å². The van der Waals surface area contributed by atoms with E-state index in [4.69, 9.17) is 28.9 Å². The van der Waals surface area contributed by atoms with E-state index >= 15 is 0 Å². The first kappa shape index (κ1) is 29.1. The Labute approximate surface area is 230 Å². The minimum Gasteiger partial charge on any atom is -0.395 e. The molecular formula is C26H30Cl2N6O4. The standard InChI is InChI=1S/C13H14ClN3O3.C13H16ClN3O/c1-13(2,18)7-15-10-8-5-3-4-6-9(8)16-12(14)11(10)17(19)20;1-13(2,18)7-16-11-8-5-3-4-6-9(8)17-12(14)10(11)15/h3-6,18H,7H2,1-2H3,(H,15,16);3-6,18H,7,15H2,1-2H3,(H,16,17). The largest absolute Gasteiger partial charge is 0.395 e. The molecule has 12 heteroatoms. The molecule has 38 heavy (non-hydrogen) atoms. The number of hydrogen-bond donors (Lipinski definition) is 5. The molecule has 0 saturated heterocycles. The lowest BCUT2D eigenvalue weighted by Crippen LogP contribution is -2.29. The van der Waals surface area contributed by atoms with Crippen LogP contribution in [-0.4, -0.2) is 49.4 Å². The predicted molar refractivity (Wildman–Crippen MR) is 154 cm³/mol. The van der Waals surface area contributed by atoms with Crippen LogP contribution in [0.3, 0.4) is 0 Å². The normalized spacial score (nSPS) is 11.7. The van der Waals surface area contributed by atoms with E-state index in [2.05, 4.69) is 20.6 Å². The SMILES string of the molecule is CC(C)(O)CNc1c(N)c(Cl)nc2ccccc12.CC(C)(O)CNc1c([N+](=O)[O-])c(Cl)nc2ccccc12. The maximum atomic E-state index is 11.2. The van der Waals surface area contributed by atoms with Gasteiger partial charge < -0.3 is 26.6 Å². The Morgan fingerprint density at radius 1 is 0.842 bits per heavy atom. The number of rotatable bonds is 7. The van der Waals surface area contributed by atoms with Crippen LogP contribution in [-0.2, 0) is 0 Å². The van der Waals surface area contributed by atoms with Crippen molar-refractivity contribution in [3.63, 3.8) is 0 Å². The molecule has 2 heterocycles. The highest BCUT2D eigenvalue weighted by molar-refractivity contribution is 6.33. The van der Waals surface area contributed by atoms with Gasteiger partial charge in [-0.1, -0.05) is 59.6 Å². The number of nitro groups is 1. The molecule has 0 aliphatic rings. The summed E-state index contributed by atoms with van der Waals surface area (Å²) in [5.74, 6) is 0. The summed E-state index contributed by atoms with van der Waals surface area (Å²) >= 11 is 11.9. The lowest BCUT2D eigenvalue weighted by atomic mass is 10.1. The number of benzene rings is 2. The average molecular weight is 561 g/mol. The third-order valence-corrected chi connectivity index (χ3v) is 5.84. The number of aromatic nitrogens is 2. The minimum absolute atomic E-state index is 0.151. The van der Waals surface area contributed by atoms with Gasteiger partial charge in [-0.15, -0.1) is 0 Å². The number of fused-ring (bicyclic) bond motifs is 2. The van der Waals surface area contributed by atoms with Crippen molar-refractivity contribution in [1.29, 1.82) is 0 Å². The number of pyridine rings is 2. The van der Waals surface area contributed by atoms with E-state index < -0.39 is 16.1 Å². The molecule has 0 fully saturated rings. The predicted octanol–water partition coefficient (Wildman–Crippen LogP) is 5.63. The van der Waals surface area contributed by atoms with E-state index in [9.17, 15) is 20.3 Å². The minimum atomic E-state index is -1.01. The van der Waals surface area contributed by atoms with E-state index in [0.717, 1.165) is 10.9 Å². The zero-order valence-electron chi connectivity index (χ0n) is 21.4. The Morgan fingerprint density at radius 3 is 1.74 bits per heavy atom. The molecule has 4 aromatic rings. The van der Waals surface area contributed by atoms with Gasteiger partial charge in [-0.25, -0.2) is 9.97 Å². The number of nitrogen functional groups attached to an aromatic ring is 1. The third kappa shape index (κ3) is 7.32. The fraction of sp³-hybridized carbons (Fsp3) is 0.308. The molecule has 0 radical (unpaired) electrons. The maximum absolute atomic E-state index is 11.2. The third-order valence-electron chi connectivity index (χ3n) is 5.29. The summed E-state index contributed by atoms with van der Waals surface area (Å²) in [5.41, 5.74) is 6.54. The first-order valence-electron chi connectivity index (χ1n) is 11.7. The van der Waals surface area contributed by atoms with Crippen LogP contribution in [0.4, 0.5) is 22.7 Å². The number of halogens is 2. The van der Waals surface area contributed by atoms with Gasteiger partial charge in [-0.3, -0.25) is 10.1 Å². The topological polar surface area (TPSA) is 159 Å². The van der Waals surface area contributed by atoms with Crippen LogP contribution < -0.4 is 16.4 Å². The molecule has 0 spiro atoms. The van der Waals surface area contributed by atoms with Crippen molar-refractivity contribution in [2.75, 3.05) is 29.5 Å². The van der Waals surface area contributed by atoms with Crippen molar-refractivity contribution in [2.24, 2.45) is 0 Å². The molecule has 6 N–H and O–H groups in total. The van der Waals surface area contributed by atoms with Crippen molar-refractivity contribution in [2.45, 2.75) is 38.9 Å². The average Bonchev–Trinajstić information content (AvgIpc) is 2.81. The summed E-state index contributed by atoms with van der Waals surface area (Å²) in [6.45, 7) is 7.19. The molecule has 0 amide bonds. The highest BCUT2D eigenvalue weighted by Crippen LogP contribution is 2.37. The Kier molecular flexibility index (Phi) is 8.83. The lowest BCUT2D eigenvalue weighted by Gasteiger charge is -2.20. The van der Waals surface area contributed by atoms with Crippen LogP contribution >= 0.6 is 23.2 Å². The van der Waals surface area contributed by atoms with Crippen molar-refractivity contribution < 1.29 is 15.1 Å². The highest BCUT2D eigenvalue weighted by Gasteiger charge is 2.25. The monoisotopic (exact) mass is 560 g/mol. The number of hydrogen-bond acceptors (Lipinski definition) is 9. The molecule has 0 unspecified atom stereocenters. The molecule has 4 rings (SSSR count). The fourth-order valence-electron chi connectivity index (χ4n) is 3.51. The summed E-state index contributed by atoms with van der Waals surface area (Å²) in [6, 6.07) is 14.6. The van der Waals surface area contributed by atoms with Gasteiger partial charge >= 0.3 is 5.69 Å². The quantitative estimate of drug-likeness (QED) is 0.109. The van der Waals surface area contributed by atoms with Crippen molar-refractivity contribution in [1.82, 2.24) is 9.97 Å². The van der Waals surface area contributed by atoms with E-state index in [-0.39, 0.29) is 28.2 Å². The second kappa shape index (κ2) is 11.5. The van der Waals surface area contributed by atoms with Crippen LogP contribution in [0, 0.1) is 10.1 Å². The number of aliphatic hydroxyl groups is 2. The molecule has 0 bridgehead atoms.